The predicted octanol–water partition coefficient (Wildman–Crippen LogP) is 1.71. The molecule has 0 aromatic heterocycles. The van der Waals surface area contributed by atoms with Gasteiger partial charge in [-0.15, -0.1) is 0 Å². The van der Waals surface area contributed by atoms with Crippen LogP contribution >= 0.6 is 11.6 Å². The quantitative estimate of drug-likeness (QED) is 0.815. The van der Waals surface area contributed by atoms with E-state index in [0.29, 0.717) is 22.9 Å². The van der Waals surface area contributed by atoms with Gasteiger partial charge in [0.15, 0.2) is 11.5 Å². The molecule has 1 aromatic carbocycles. The molecule has 0 saturated carbocycles. The Kier molecular flexibility index (Phi) is 5.06. The van der Waals surface area contributed by atoms with Gasteiger partial charge in [0.05, 0.1) is 25.7 Å². The standard InChI is InChI=1S/C11H14ClNO4/c1-15-9-6-7(3-4-10(14)17-13)5-8(12)11(9)16-2/h5-6H,3-4,13H2,1-2H3. The van der Waals surface area contributed by atoms with Gasteiger partial charge in [-0.05, 0) is 24.1 Å². The van der Waals surface area contributed by atoms with Gasteiger partial charge in [-0.3, -0.25) is 4.79 Å². The van der Waals surface area contributed by atoms with E-state index in [2.05, 4.69) is 4.84 Å². The summed E-state index contributed by atoms with van der Waals surface area (Å²) in [7, 11) is 3.03. The Balaban J connectivity index is 2.88. The van der Waals surface area contributed by atoms with Gasteiger partial charge < -0.3 is 14.3 Å². The molecule has 0 atom stereocenters. The first-order chi connectivity index (χ1) is 8.12. The highest BCUT2D eigenvalue weighted by atomic mass is 35.5. The second-order valence-corrected chi connectivity index (χ2v) is 3.71. The molecular weight excluding hydrogens is 246 g/mol. The van der Waals surface area contributed by atoms with Gasteiger partial charge in [-0.1, -0.05) is 11.6 Å². The van der Waals surface area contributed by atoms with Crippen molar-refractivity contribution in [1.82, 2.24) is 0 Å². The number of rotatable bonds is 5. The average molecular weight is 260 g/mol. The zero-order valence-electron chi connectivity index (χ0n) is 9.66. The number of benzene rings is 1. The van der Waals surface area contributed by atoms with Crippen LogP contribution in [0.1, 0.15) is 12.0 Å². The molecule has 2 N–H and O–H groups in total. The molecule has 6 heteroatoms. The number of methoxy groups -OCH3 is 2. The third kappa shape index (κ3) is 3.51. The van der Waals surface area contributed by atoms with E-state index in [1.165, 1.54) is 14.2 Å². The van der Waals surface area contributed by atoms with E-state index in [0.717, 1.165) is 5.56 Å². The Morgan fingerprint density at radius 2 is 2.06 bits per heavy atom. The molecule has 17 heavy (non-hydrogen) atoms. The fourth-order valence-electron chi connectivity index (χ4n) is 1.42. The molecule has 0 spiro atoms. The number of halogens is 1. The van der Waals surface area contributed by atoms with E-state index in [1.807, 2.05) is 0 Å². The van der Waals surface area contributed by atoms with Crippen LogP contribution < -0.4 is 15.4 Å². The summed E-state index contributed by atoms with van der Waals surface area (Å²) in [5.41, 5.74) is 0.845. The maximum Gasteiger partial charge on any atom is 0.324 e. The van der Waals surface area contributed by atoms with E-state index in [9.17, 15) is 4.79 Å². The molecule has 0 bridgehead atoms. The van der Waals surface area contributed by atoms with Crippen LogP contribution in [0.5, 0.6) is 11.5 Å². The number of carbonyl (C=O) groups excluding carboxylic acids is 1. The molecule has 5 nitrogen and oxygen atoms in total. The third-order valence-electron chi connectivity index (χ3n) is 2.24. The first-order valence-corrected chi connectivity index (χ1v) is 5.30. The topological polar surface area (TPSA) is 70.8 Å². The van der Waals surface area contributed by atoms with Gasteiger partial charge in [0.2, 0.25) is 0 Å². The van der Waals surface area contributed by atoms with Crippen molar-refractivity contribution in [2.75, 3.05) is 14.2 Å². The minimum atomic E-state index is -0.476. The molecule has 0 aliphatic heterocycles. The third-order valence-corrected chi connectivity index (χ3v) is 2.52. The fraction of sp³-hybridized carbons (Fsp3) is 0.364. The summed E-state index contributed by atoms with van der Waals surface area (Å²) in [5.74, 6) is 5.27. The molecule has 1 rings (SSSR count). The highest BCUT2D eigenvalue weighted by molar-refractivity contribution is 6.32. The first kappa shape index (κ1) is 13.6. The zero-order valence-corrected chi connectivity index (χ0v) is 10.4. The van der Waals surface area contributed by atoms with E-state index < -0.39 is 5.97 Å². The summed E-state index contributed by atoms with van der Waals surface area (Å²) in [6, 6.07) is 3.47. The van der Waals surface area contributed by atoms with Crippen molar-refractivity contribution >= 4 is 17.6 Å². The van der Waals surface area contributed by atoms with Crippen LogP contribution in [0.4, 0.5) is 0 Å². The van der Waals surface area contributed by atoms with Crippen molar-refractivity contribution in [3.8, 4) is 11.5 Å². The van der Waals surface area contributed by atoms with E-state index in [-0.39, 0.29) is 6.42 Å². The molecule has 0 unspecified atom stereocenters. The van der Waals surface area contributed by atoms with Crippen LogP contribution in [0.3, 0.4) is 0 Å². The monoisotopic (exact) mass is 259 g/mol. The molecule has 1 aromatic rings. The van der Waals surface area contributed by atoms with E-state index in [1.54, 1.807) is 12.1 Å². The fourth-order valence-corrected chi connectivity index (χ4v) is 1.73. The lowest BCUT2D eigenvalue weighted by atomic mass is 10.1. The lowest BCUT2D eigenvalue weighted by molar-refractivity contribution is -0.144. The largest absolute Gasteiger partial charge is 0.493 e. The van der Waals surface area contributed by atoms with Crippen LogP contribution in [0.2, 0.25) is 5.02 Å². The lowest BCUT2D eigenvalue weighted by Crippen LogP contribution is -2.10. The SMILES string of the molecule is COc1cc(CCC(=O)ON)cc(Cl)c1OC. The highest BCUT2D eigenvalue weighted by Crippen LogP contribution is 2.36. The van der Waals surface area contributed by atoms with E-state index >= 15 is 0 Å². The van der Waals surface area contributed by atoms with Gasteiger partial charge in [0.1, 0.15) is 0 Å². The average Bonchev–Trinajstić information content (AvgIpc) is 2.34. The van der Waals surface area contributed by atoms with Gasteiger partial charge in [0.25, 0.3) is 0 Å². The molecule has 0 aliphatic rings. The van der Waals surface area contributed by atoms with Crippen LogP contribution in [0, 0.1) is 0 Å². The maximum atomic E-state index is 10.9. The number of aryl methyl sites for hydroxylation is 1. The predicted molar refractivity (Wildman–Crippen MR) is 63.2 cm³/mol. The molecular formula is C11H14ClNO4. The van der Waals surface area contributed by atoms with Gasteiger partial charge in [0, 0.05) is 0 Å². The van der Waals surface area contributed by atoms with Crippen LogP contribution in [-0.4, -0.2) is 20.2 Å². The summed E-state index contributed by atoms with van der Waals surface area (Å²) in [6.45, 7) is 0. The van der Waals surface area contributed by atoms with Crippen LogP contribution in [-0.2, 0) is 16.1 Å². The van der Waals surface area contributed by atoms with E-state index in [4.69, 9.17) is 27.0 Å². The second kappa shape index (κ2) is 6.32. The Hall–Kier alpha value is -1.46. The highest BCUT2D eigenvalue weighted by Gasteiger charge is 2.11. The summed E-state index contributed by atoms with van der Waals surface area (Å²) in [5, 5.41) is 0.433. The molecule has 0 aliphatic carbocycles. The van der Waals surface area contributed by atoms with Crippen molar-refractivity contribution in [1.29, 1.82) is 0 Å². The Bertz CT molecular complexity index is 409. The molecule has 0 saturated heterocycles. The van der Waals surface area contributed by atoms with Gasteiger partial charge in [-0.25, -0.2) is 0 Å². The van der Waals surface area contributed by atoms with Crippen molar-refractivity contribution in [3.05, 3.63) is 22.7 Å². The summed E-state index contributed by atoms with van der Waals surface area (Å²) in [6.07, 6.45) is 0.651. The van der Waals surface area contributed by atoms with Crippen LogP contribution in [0.15, 0.2) is 12.1 Å². The lowest BCUT2D eigenvalue weighted by Gasteiger charge is -2.11. The minimum absolute atomic E-state index is 0.183. The maximum absolute atomic E-state index is 10.9. The summed E-state index contributed by atoms with van der Waals surface area (Å²) >= 11 is 6.02. The molecule has 94 valence electrons. The first-order valence-electron chi connectivity index (χ1n) is 4.92. The zero-order chi connectivity index (χ0) is 12.8. The molecule has 0 amide bonds. The molecule has 0 radical (unpaired) electrons. The van der Waals surface area contributed by atoms with Crippen molar-refractivity contribution in [3.63, 3.8) is 0 Å². The molecule has 0 heterocycles. The second-order valence-electron chi connectivity index (χ2n) is 3.30. The Morgan fingerprint density at radius 3 is 2.59 bits per heavy atom. The minimum Gasteiger partial charge on any atom is -0.493 e. The Morgan fingerprint density at radius 1 is 1.35 bits per heavy atom. The number of carbonyl (C=O) groups is 1. The van der Waals surface area contributed by atoms with Crippen molar-refractivity contribution in [2.24, 2.45) is 5.90 Å². The van der Waals surface area contributed by atoms with Gasteiger partial charge >= 0.3 is 5.97 Å². The number of hydrogen-bond acceptors (Lipinski definition) is 5. The Labute approximate surface area is 104 Å². The summed E-state index contributed by atoms with van der Waals surface area (Å²) in [4.78, 5) is 15.0. The smallest absolute Gasteiger partial charge is 0.324 e. The van der Waals surface area contributed by atoms with Crippen molar-refractivity contribution in [2.45, 2.75) is 12.8 Å². The number of nitrogens with two attached hydrogens (primary N) is 1. The normalized spacial score (nSPS) is 9.88. The molecule has 0 fully saturated rings. The van der Waals surface area contributed by atoms with Gasteiger partial charge in [-0.2, -0.15) is 5.90 Å². The van der Waals surface area contributed by atoms with Crippen molar-refractivity contribution < 1.29 is 19.1 Å². The summed E-state index contributed by atoms with van der Waals surface area (Å²) < 4.78 is 10.2. The van der Waals surface area contributed by atoms with Crippen LogP contribution in [0.25, 0.3) is 0 Å². The number of hydrogen-bond donors (Lipinski definition) is 1. The number of ether oxygens (including phenoxy) is 2.